The van der Waals surface area contributed by atoms with Crippen LogP contribution in [0.4, 0.5) is 5.69 Å². The van der Waals surface area contributed by atoms with E-state index in [9.17, 15) is 4.79 Å². The molecular weight excluding hydrogens is 374 g/mol. The Morgan fingerprint density at radius 1 is 0.933 bits per heavy atom. The summed E-state index contributed by atoms with van der Waals surface area (Å²) in [7, 11) is 0. The van der Waals surface area contributed by atoms with Crippen LogP contribution in [-0.4, -0.2) is 61.1 Å². The van der Waals surface area contributed by atoms with E-state index < -0.39 is 0 Å². The molecule has 160 valence electrons. The minimum Gasteiger partial charge on any atom is -0.489 e. The molecule has 5 heteroatoms. The third-order valence-corrected chi connectivity index (χ3v) is 5.91. The summed E-state index contributed by atoms with van der Waals surface area (Å²) in [6.07, 6.45) is 2.42. The van der Waals surface area contributed by atoms with Crippen LogP contribution in [0.25, 0.3) is 0 Å². The highest BCUT2D eigenvalue weighted by Gasteiger charge is 2.22. The van der Waals surface area contributed by atoms with Crippen molar-refractivity contribution in [2.45, 2.75) is 39.3 Å². The fourth-order valence-corrected chi connectivity index (χ4v) is 4.38. The maximum Gasteiger partial charge on any atom is 0.253 e. The number of piperazine rings is 1. The van der Waals surface area contributed by atoms with Crippen molar-refractivity contribution in [3.63, 3.8) is 0 Å². The number of carbonyl (C=O) groups excluding carboxylic acids is 1. The molecule has 0 spiro atoms. The molecule has 2 aliphatic heterocycles. The average Bonchev–Trinajstić information content (AvgIpc) is 3.29. The molecule has 2 saturated heterocycles. The molecule has 0 bridgehead atoms. The van der Waals surface area contributed by atoms with Crippen LogP contribution < -0.4 is 9.64 Å². The Balaban J connectivity index is 1.35. The summed E-state index contributed by atoms with van der Waals surface area (Å²) < 4.78 is 6.01. The number of nitrogens with zero attached hydrogens (tertiary/aromatic N) is 3. The lowest BCUT2D eigenvalue weighted by Crippen LogP contribution is -2.46. The van der Waals surface area contributed by atoms with Crippen molar-refractivity contribution in [3.8, 4) is 5.75 Å². The minimum absolute atomic E-state index is 0.169. The normalized spacial score (nSPS) is 17.6. The summed E-state index contributed by atoms with van der Waals surface area (Å²) in [5.74, 6) is 1.15. The van der Waals surface area contributed by atoms with Gasteiger partial charge >= 0.3 is 0 Å². The van der Waals surface area contributed by atoms with Crippen LogP contribution in [0.2, 0.25) is 0 Å². The molecule has 0 aliphatic carbocycles. The highest BCUT2D eigenvalue weighted by Crippen LogP contribution is 2.30. The van der Waals surface area contributed by atoms with E-state index in [2.05, 4.69) is 54.0 Å². The van der Waals surface area contributed by atoms with Gasteiger partial charge in [-0.1, -0.05) is 24.3 Å². The van der Waals surface area contributed by atoms with Crippen LogP contribution in [-0.2, 0) is 6.54 Å². The van der Waals surface area contributed by atoms with Gasteiger partial charge in [-0.3, -0.25) is 9.69 Å². The lowest BCUT2D eigenvalue weighted by Gasteiger charge is -2.37. The molecular formula is C25H33N3O2. The van der Waals surface area contributed by atoms with Gasteiger partial charge in [0.1, 0.15) is 5.75 Å². The van der Waals surface area contributed by atoms with Crippen LogP contribution >= 0.6 is 0 Å². The second-order valence-corrected chi connectivity index (χ2v) is 8.60. The first-order chi connectivity index (χ1) is 14.6. The zero-order valence-corrected chi connectivity index (χ0v) is 18.2. The monoisotopic (exact) mass is 407 g/mol. The van der Waals surface area contributed by atoms with Crippen molar-refractivity contribution in [2.75, 3.05) is 44.2 Å². The highest BCUT2D eigenvalue weighted by molar-refractivity contribution is 5.94. The zero-order valence-electron chi connectivity index (χ0n) is 18.2. The molecule has 2 aromatic carbocycles. The van der Waals surface area contributed by atoms with Crippen molar-refractivity contribution in [1.82, 2.24) is 9.80 Å². The maximum atomic E-state index is 12.7. The molecule has 2 aromatic rings. The van der Waals surface area contributed by atoms with Gasteiger partial charge < -0.3 is 14.5 Å². The topological polar surface area (TPSA) is 36.0 Å². The number of amides is 1. The molecule has 2 fully saturated rings. The van der Waals surface area contributed by atoms with Gasteiger partial charge in [0.15, 0.2) is 0 Å². The van der Waals surface area contributed by atoms with E-state index in [0.29, 0.717) is 0 Å². The number of rotatable bonds is 6. The van der Waals surface area contributed by atoms with Crippen molar-refractivity contribution in [2.24, 2.45) is 0 Å². The van der Waals surface area contributed by atoms with Crippen molar-refractivity contribution >= 4 is 11.6 Å². The molecule has 0 saturated carbocycles. The second kappa shape index (κ2) is 9.52. The molecule has 30 heavy (non-hydrogen) atoms. The lowest BCUT2D eigenvalue weighted by atomic mass is 10.1. The van der Waals surface area contributed by atoms with Gasteiger partial charge in [-0.2, -0.15) is 0 Å². The summed E-state index contributed by atoms with van der Waals surface area (Å²) in [6, 6.07) is 16.5. The smallest absolute Gasteiger partial charge is 0.253 e. The van der Waals surface area contributed by atoms with Crippen LogP contribution in [0.5, 0.6) is 5.75 Å². The molecule has 0 atom stereocenters. The zero-order chi connectivity index (χ0) is 20.9. The van der Waals surface area contributed by atoms with Gasteiger partial charge in [0.25, 0.3) is 5.91 Å². The molecule has 0 radical (unpaired) electrons. The Bertz CT molecular complexity index is 853. The summed E-state index contributed by atoms with van der Waals surface area (Å²) in [5.41, 5.74) is 3.23. The summed E-state index contributed by atoms with van der Waals surface area (Å²) in [4.78, 5) is 19.6. The van der Waals surface area contributed by atoms with E-state index in [1.165, 1.54) is 11.3 Å². The number of likely N-dealkylation sites (tertiary alicyclic amines) is 1. The summed E-state index contributed by atoms with van der Waals surface area (Å²) in [5, 5.41) is 0. The predicted molar refractivity (Wildman–Crippen MR) is 121 cm³/mol. The first-order valence-electron chi connectivity index (χ1n) is 11.2. The standard InChI is InChI=1S/C25H33N3O2/c1-20(2)30-24-11-4-3-10-23(24)27-16-14-26(15-17-27)19-21-8-7-9-22(18-21)25(29)28-12-5-6-13-28/h3-4,7-11,18,20H,5-6,12-17,19H2,1-2H3. The van der Waals surface area contributed by atoms with Gasteiger partial charge in [-0.25, -0.2) is 0 Å². The van der Waals surface area contributed by atoms with Crippen LogP contribution in [0, 0.1) is 0 Å². The fourth-order valence-electron chi connectivity index (χ4n) is 4.38. The second-order valence-electron chi connectivity index (χ2n) is 8.60. The summed E-state index contributed by atoms with van der Waals surface area (Å²) >= 11 is 0. The third-order valence-electron chi connectivity index (χ3n) is 5.91. The number of benzene rings is 2. The SMILES string of the molecule is CC(C)Oc1ccccc1N1CCN(Cc2cccc(C(=O)N3CCCC3)c2)CC1. The molecule has 0 aromatic heterocycles. The van der Waals surface area contributed by atoms with Crippen LogP contribution in [0.1, 0.15) is 42.6 Å². The first kappa shape index (κ1) is 20.7. The maximum absolute atomic E-state index is 12.7. The van der Waals surface area contributed by atoms with Gasteiger partial charge in [0.05, 0.1) is 11.8 Å². The van der Waals surface area contributed by atoms with Crippen LogP contribution in [0.15, 0.2) is 48.5 Å². The van der Waals surface area contributed by atoms with Crippen molar-refractivity contribution in [1.29, 1.82) is 0 Å². The lowest BCUT2D eigenvalue weighted by molar-refractivity contribution is 0.0792. The van der Waals surface area contributed by atoms with Gasteiger partial charge in [0, 0.05) is 51.4 Å². The first-order valence-corrected chi connectivity index (χ1v) is 11.2. The van der Waals surface area contributed by atoms with Crippen LogP contribution in [0.3, 0.4) is 0 Å². The Kier molecular flexibility index (Phi) is 6.58. The Morgan fingerprint density at radius 3 is 2.40 bits per heavy atom. The molecule has 0 N–H and O–H groups in total. The molecule has 2 aliphatic rings. The number of ether oxygens (including phenoxy) is 1. The highest BCUT2D eigenvalue weighted by atomic mass is 16.5. The Morgan fingerprint density at radius 2 is 1.67 bits per heavy atom. The number of hydrogen-bond acceptors (Lipinski definition) is 4. The van der Waals surface area contributed by atoms with E-state index in [1.54, 1.807) is 0 Å². The minimum atomic E-state index is 0.169. The van der Waals surface area contributed by atoms with Crippen molar-refractivity contribution < 1.29 is 9.53 Å². The van der Waals surface area contributed by atoms with Gasteiger partial charge in [-0.15, -0.1) is 0 Å². The third kappa shape index (κ3) is 4.96. The Labute approximate surface area is 180 Å². The van der Waals surface area contributed by atoms with E-state index in [0.717, 1.165) is 70.0 Å². The van der Waals surface area contributed by atoms with E-state index in [4.69, 9.17) is 4.74 Å². The van der Waals surface area contributed by atoms with Crippen molar-refractivity contribution in [3.05, 3.63) is 59.7 Å². The molecule has 0 unspecified atom stereocenters. The van der Waals surface area contributed by atoms with Gasteiger partial charge in [-0.05, 0) is 56.5 Å². The Hall–Kier alpha value is -2.53. The number of hydrogen-bond donors (Lipinski definition) is 0. The number of carbonyl (C=O) groups is 1. The largest absolute Gasteiger partial charge is 0.489 e. The molecule has 2 heterocycles. The quantitative estimate of drug-likeness (QED) is 0.724. The number of para-hydroxylation sites is 2. The molecule has 4 rings (SSSR count). The predicted octanol–water partition coefficient (Wildman–Crippen LogP) is 4.03. The molecule has 5 nitrogen and oxygen atoms in total. The van der Waals surface area contributed by atoms with E-state index in [1.807, 2.05) is 23.1 Å². The van der Waals surface area contributed by atoms with Gasteiger partial charge in [0.2, 0.25) is 0 Å². The average molecular weight is 408 g/mol. The molecule has 1 amide bonds. The van der Waals surface area contributed by atoms with E-state index in [-0.39, 0.29) is 12.0 Å². The summed E-state index contributed by atoms with van der Waals surface area (Å²) in [6.45, 7) is 10.8. The van der Waals surface area contributed by atoms with E-state index >= 15 is 0 Å². The number of anilines is 1. The fraction of sp³-hybridized carbons (Fsp3) is 0.480.